The Bertz CT molecular complexity index is 447. The average Bonchev–Trinajstić information content (AvgIpc) is 2.36. The van der Waals surface area contributed by atoms with E-state index in [4.69, 9.17) is 4.74 Å². The minimum absolute atomic E-state index is 0.128. The highest BCUT2D eigenvalue weighted by molar-refractivity contribution is 5.92. The summed E-state index contributed by atoms with van der Waals surface area (Å²) in [5.41, 5.74) is -0.781. The Morgan fingerprint density at radius 3 is 2.20 bits per heavy atom. The summed E-state index contributed by atoms with van der Waals surface area (Å²) in [4.78, 5) is 11.9. The Kier molecular flexibility index (Phi) is 5.14. The number of hydrogen-bond acceptors (Lipinski definition) is 4. The third-order valence-electron chi connectivity index (χ3n) is 3.59. The van der Waals surface area contributed by atoms with Gasteiger partial charge in [-0.05, 0) is 52.0 Å². The number of hydrogen-bond donors (Lipinski definition) is 3. The van der Waals surface area contributed by atoms with Gasteiger partial charge in [0.25, 0.3) is 0 Å². The van der Waals surface area contributed by atoms with Crippen LogP contribution in [0.15, 0.2) is 24.3 Å². The molecule has 5 heteroatoms. The standard InChI is InChI=1S/C15H24N2O3/c1-14(2,15(3,4)19)16-10-13(18)17-11-6-8-12(20-5)9-7-11/h6-9,16,19H,10H2,1-5H3,(H,17,18). The van der Waals surface area contributed by atoms with Crippen molar-refractivity contribution < 1.29 is 14.6 Å². The van der Waals surface area contributed by atoms with Gasteiger partial charge in [-0.3, -0.25) is 4.79 Å². The van der Waals surface area contributed by atoms with Crippen molar-refractivity contribution >= 4 is 11.6 Å². The first-order valence-electron chi connectivity index (χ1n) is 6.57. The highest BCUT2D eigenvalue weighted by Gasteiger charge is 2.34. The van der Waals surface area contributed by atoms with E-state index in [2.05, 4.69) is 10.6 Å². The molecule has 0 heterocycles. The van der Waals surface area contributed by atoms with Crippen molar-refractivity contribution in [1.82, 2.24) is 5.32 Å². The van der Waals surface area contributed by atoms with Gasteiger partial charge in [-0.1, -0.05) is 0 Å². The molecule has 0 fully saturated rings. The van der Waals surface area contributed by atoms with Gasteiger partial charge in [-0.25, -0.2) is 0 Å². The van der Waals surface area contributed by atoms with Gasteiger partial charge in [0.15, 0.2) is 0 Å². The first-order valence-corrected chi connectivity index (χ1v) is 6.57. The molecule has 0 bridgehead atoms. The highest BCUT2D eigenvalue weighted by Crippen LogP contribution is 2.20. The number of rotatable bonds is 6. The van der Waals surface area contributed by atoms with Crippen LogP contribution in [-0.2, 0) is 4.79 Å². The number of ether oxygens (including phenoxy) is 1. The second kappa shape index (κ2) is 6.24. The minimum Gasteiger partial charge on any atom is -0.497 e. The Morgan fingerprint density at radius 1 is 1.20 bits per heavy atom. The van der Waals surface area contributed by atoms with Gasteiger partial charge in [0, 0.05) is 11.2 Å². The van der Waals surface area contributed by atoms with Crippen LogP contribution in [0.4, 0.5) is 5.69 Å². The second-order valence-electron chi connectivity index (χ2n) is 5.81. The number of anilines is 1. The molecule has 20 heavy (non-hydrogen) atoms. The fourth-order valence-corrected chi connectivity index (χ4v) is 1.40. The molecule has 1 rings (SSSR count). The summed E-state index contributed by atoms with van der Waals surface area (Å²) in [6, 6.07) is 7.11. The number of carbonyl (C=O) groups excluding carboxylic acids is 1. The van der Waals surface area contributed by atoms with Crippen molar-refractivity contribution in [1.29, 1.82) is 0 Å². The lowest BCUT2D eigenvalue weighted by Crippen LogP contribution is -2.57. The summed E-state index contributed by atoms with van der Waals surface area (Å²) in [5, 5.41) is 15.8. The molecule has 0 spiro atoms. The van der Waals surface area contributed by atoms with Crippen molar-refractivity contribution in [3.8, 4) is 5.75 Å². The number of aliphatic hydroxyl groups is 1. The Hall–Kier alpha value is -1.59. The average molecular weight is 280 g/mol. The van der Waals surface area contributed by atoms with E-state index in [1.54, 1.807) is 45.2 Å². The second-order valence-corrected chi connectivity index (χ2v) is 5.81. The van der Waals surface area contributed by atoms with E-state index < -0.39 is 11.1 Å². The van der Waals surface area contributed by atoms with Crippen molar-refractivity contribution in [2.45, 2.75) is 38.8 Å². The lowest BCUT2D eigenvalue weighted by atomic mass is 9.86. The van der Waals surface area contributed by atoms with Crippen molar-refractivity contribution in [2.75, 3.05) is 19.0 Å². The van der Waals surface area contributed by atoms with E-state index in [1.807, 2.05) is 13.8 Å². The Morgan fingerprint density at radius 2 is 1.75 bits per heavy atom. The summed E-state index contributed by atoms with van der Waals surface area (Å²) in [7, 11) is 1.59. The fraction of sp³-hybridized carbons (Fsp3) is 0.533. The summed E-state index contributed by atoms with van der Waals surface area (Å²) >= 11 is 0. The predicted molar refractivity (Wildman–Crippen MR) is 80.0 cm³/mol. The van der Waals surface area contributed by atoms with Crippen LogP contribution < -0.4 is 15.4 Å². The lowest BCUT2D eigenvalue weighted by molar-refractivity contribution is -0.116. The Balaban J connectivity index is 2.51. The smallest absolute Gasteiger partial charge is 0.238 e. The van der Waals surface area contributed by atoms with Crippen LogP contribution in [0.3, 0.4) is 0 Å². The van der Waals surface area contributed by atoms with Gasteiger partial charge < -0.3 is 20.5 Å². The summed E-state index contributed by atoms with van der Waals surface area (Å²) in [6.07, 6.45) is 0. The zero-order chi connectivity index (χ0) is 15.4. The van der Waals surface area contributed by atoms with Crippen molar-refractivity contribution in [3.63, 3.8) is 0 Å². The number of nitrogens with one attached hydrogen (secondary N) is 2. The van der Waals surface area contributed by atoms with Gasteiger partial charge in [0.1, 0.15) is 5.75 Å². The van der Waals surface area contributed by atoms with Gasteiger partial charge in [-0.2, -0.15) is 0 Å². The predicted octanol–water partition coefficient (Wildman–Crippen LogP) is 1.77. The molecule has 1 amide bonds. The molecule has 0 unspecified atom stereocenters. The molecule has 0 aromatic heterocycles. The Labute approximate surface area is 120 Å². The number of benzene rings is 1. The molecule has 1 aromatic carbocycles. The van der Waals surface area contributed by atoms with Gasteiger partial charge in [-0.15, -0.1) is 0 Å². The van der Waals surface area contributed by atoms with E-state index in [0.717, 1.165) is 5.75 Å². The molecule has 1 aromatic rings. The van der Waals surface area contributed by atoms with Crippen LogP contribution in [0.1, 0.15) is 27.7 Å². The van der Waals surface area contributed by atoms with Crippen LogP contribution in [0, 0.1) is 0 Å². The van der Waals surface area contributed by atoms with Crippen LogP contribution in [-0.4, -0.2) is 35.8 Å². The van der Waals surface area contributed by atoms with E-state index in [0.29, 0.717) is 5.69 Å². The molecule has 0 atom stereocenters. The number of amides is 1. The number of carbonyl (C=O) groups is 1. The zero-order valence-electron chi connectivity index (χ0n) is 12.8. The van der Waals surface area contributed by atoms with Crippen LogP contribution >= 0.6 is 0 Å². The maximum absolute atomic E-state index is 11.9. The molecule has 112 valence electrons. The molecule has 3 N–H and O–H groups in total. The number of methoxy groups -OCH3 is 1. The lowest BCUT2D eigenvalue weighted by Gasteiger charge is -2.38. The minimum atomic E-state index is -0.923. The first kappa shape index (κ1) is 16.5. The molecule has 5 nitrogen and oxygen atoms in total. The molecular formula is C15H24N2O3. The molecular weight excluding hydrogens is 256 g/mol. The molecule has 0 saturated heterocycles. The fourth-order valence-electron chi connectivity index (χ4n) is 1.40. The summed E-state index contributed by atoms with van der Waals surface area (Å²) in [5.74, 6) is 0.580. The molecule has 0 aliphatic heterocycles. The van der Waals surface area contributed by atoms with Crippen LogP contribution in [0.5, 0.6) is 5.75 Å². The maximum Gasteiger partial charge on any atom is 0.238 e. The zero-order valence-corrected chi connectivity index (χ0v) is 12.8. The van der Waals surface area contributed by atoms with Crippen LogP contribution in [0.25, 0.3) is 0 Å². The molecule has 0 saturated carbocycles. The van der Waals surface area contributed by atoms with Crippen LogP contribution in [0.2, 0.25) is 0 Å². The molecule has 0 aliphatic carbocycles. The largest absolute Gasteiger partial charge is 0.497 e. The topological polar surface area (TPSA) is 70.6 Å². The van der Waals surface area contributed by atoms with Gasteiger partial charge >= 0.3 is 0 Å². The summed E-state index contributed by atoms with van der Waals surface area (Å²) in [6.45, 7) is 7.26. The summed E-state index contributed by atoms with van der Waals surface area (Å²) < 4.78 is 5.05. The first-order chi connectivity index (χ1) is 9.15. The highest BCUT2D eigenvalue weighted by atomic mass is 16.5. The van der Waals surface area contributed by atoms with Gasteiger partial charge in [0.05, 0.1) is 19.3 Å². The monoisotopic (exact) mass is 280 g/mol. The van der Waals surface area contributed by atoms with Crippen molar-refractivity contribution in [3.05, 3.63) is 24.3 Å². The maximum atomic E-state index is 11.9. The SMILES string of the molecule is COc1ccc(NC(=O)CNC(C)(C)C(C)(C)O)cc1. The third-order valence-corrected chi connectivity index (χ3v) is 3.59. The quantitative estimate of drug-likeness (QED) is 0.743. The van der Waals surface area contributed by atoms with Crippen molar-refractivity contribution in [2.24, 2.45) is 0 Å². The molecule has 0 aliphatic rings. The van der Waals surface area contributed by atoms with E-state index in [1.165, 1.54) is 0 Å². The normalized spacial score (nSPS) is 12.1. The van der Waals surface area contributed by atoms with E-state index in [9.17, 15) is 9.90 Å². The van der Waals surface area contributed by atoms with E-state index in [-0.39, 0.29) is 12.5 Å². The molecule has 0 radical (unpaired) electrons. The van der Waals surface area contributed by atoms with Gasteiger partial charge in [0.2, 0.25) is 5.91 Å². The third kappa shape index (κ3) is 4.51. The van der Waals surface area contributed by atoms with E-state index >= 15 is 0 Å².